The van der Waals surface area contributed by atoms with Crippen LogP contribution in [0, 0.1) is 11.3 Å². The number of rotatable bonds is 5. The first-order valence-electron chi connectivity index (χ1n) is 6.32. The number of methoxy groups -OCH3 is 2. The number of amides is 1. The van der Waals surface area contributed by atoms with Crippen LogP contribution in [-0.4, -0.2) is 53.9 Å². The number of carbonyl (C=O) groups excluding carboxylic acids is 1. The van der Waals surface area contributed by atoms with Gasteiger partial charge in [0.1, 0.15) is 17.5 Å². The zero-order valence-corrected chi connectivity index (χ0v) is 11.9. The molecule has 1 amide bonds. The fourth-order valence-corrected chi connectivity index (χ4v) is 2.48. The summed E-state index contributed by atoms with van der Waals surface area (Å²) in [4.78, 5) is 24.6. The smallest absolute Gasteiger partial charge is 0.328 e. The number of hydrogen-bond acceptors (Lipinski definition) is 6. The molecule has 8 nitrogen and oxygen atoms in total. The predicted octanol–water partition coefficient (Wildman–Crippen LogP) is 0.170. The first-order chi connectivity index (χ1) is 10.5. The summed E-state index contributed by atoms with van der Waals surface area (Å²) in [6.45, 7) is -0.799. The Balaban J connectivity index is 2.64. The third-order valence-corrected chi connectivity index (χ3v) is 3.50. The summed E-state index contributed by atoms with van der Waals surface area (Å²) in [5.41, 5.74) is 0.401. The molecule has 1 aromatic rings. The SMILES string of the molecule is COc1cc(OC)c2c(c1)C(=O)N(C(CO)C(=O)O)C2C#N. The minimum atomic E-state index is -1.51. The van der Waals surface area contributed by atoms with Gasteiger partial charge in [0, 0.05) is 11.6 Å². The Hall–Kier alpha value is -2.79. The van der Waals surface area contributed by atoms with Crippen LogP contribution in [0.15, 0.2) is 12.1 Å². The van der Waals surface area contributed by atoms with Gasteiger partial charge in [-0.15, -0.1) is 0 Å². The highest BCUT2D eigenvalue weighted by atomic mass is 16.5. The van der Waals surface area contributed by atoms with Crippen molar-refractivity contribution < 1.29 is 29.3 Å². The average molecular weight is 306 g/mol. The summed E-state index contributed by atoms with van der Waals surface area (Å²) >= 11 is 0. The largest absolute Gasteiger partial charge is 0.497 e. The quantitative estimate of drug-likeness (QED) is 0.795. The highest BCUT2D eigenvalue weighted by Gasteiger charge is 2.45. The molecule has 8 heteroatoms. The highest BCUT2D eigenvalue weighted by molar-refractivity contribution is 6.03. The van der Waals surface area contributed by atoms with Gasteiger partial charge < -0.3 is 24.6 Å². The predicted molar refractivity (Wildman–Crippen MR) is 72.6 cm³/mol. The Kier molecular flexibility index (Phi) is 4.19. The number of aliphatic hydroxyl groups excluding tert-OH is 1. The fraction of sp³-hybridized carbons (Fsp3) is 0.357. The molecule has 0 bridgehead atoms. The number of nitriles is 1. The maximum absolute atomic E-state index is 12.5. The molecule has 1 aromatic carbocycles. The average Bonchev–Trinajstić information content (AvgIpc) is 2.79. The van der Waals surface area contributed by atoms with Gasteiger partial charge in [0.05, 0.1) is 32.5 Å². The summed E-state index contributed by atoms with van der Waals surface area (Å²) in [5.74, 6) is -1.47. The van der Waals surface area contributed by atoms with Gasteiger partial charge in [0.15, 0.2) is 6.04 Å². The van der Waals surface area contributed by atoms with E-state index in [9.17, 15) is 20.0 Å². The van der Waals surface area contributed by atoms with E-state index in [-0.39, 0.29) is 16.9 Å². The maximum atomic E-state index is 12.5. The number of aliphatic carboxylic acids is 1. The van der Waals surface area contributed by atoms with Crippen molar-refractivity contribution in [1.82, 2.24) is 4.90 Å². The van der Waals surface area contributed by atoms with Gasteiger partial charge in [0.2, 0.25) is 0 Å². The Labute approximate surface area is 126 Å². The number of hydrogen-bond donors (Lipinski definition) is 2. The molecular formula is C14H14N2O6. The van der Waals surface area contributed by atoms with Crippen LogP contribution in [-0.2, 0) is 4.79 Å². The second-order valence-corrected chi connectivity index (χ2v) is 4.57. The lowest BCUT2D eigenvalue weighted by molar-refractivity contribution is -0.144. The molecule has 2 N–H and O–H groups in total. The first-order valence-corrected chi connectivity index (χ1v) is 6.32. The van der Waals surface area contributed by atoms with Crippen molar-refractivity contribution in [3.05, 3.63) is 23.3 Å². The second kappa shape index (κ2) is 5.91. The molecule has 22 heavy (non-hydrogen) atoms. The molecule has 0 radical (unpaired) electrons. The Morgan fingerprint density at radius 1 is 1.45 bits per heavy atom. The highest BCUT2D eigenvalue weighted by Crippen LogP contribution is 2.42. The summed E-state index contributed by atoms with van der Waals surface area (Å²) in [5, 5.41) is 27.8. The summed E-state index contributed by atoms with van der Waals surface area (Å²) in [7, 11) is 2.78. The van der Waals surface area contributed by atoms with Crippen molar-refractivity contribution in [2.24, 2.45) is 0 Å². The topological polar surface area (TPSA) is 120 Å². The van der Waals surface area contributed by atoms with E-state index in [2.05, 4.69) is 0 Å². The molecule has 116 valence electrons. The standard InChI is InChI=1S/C14H14N2O6/c1-21-7-3-8-12(11(4-7)22-2)9(5-15)16(13(8)18)10(6-17)14(19)20/h3-4,9-10,17H,6H2,1-2H3,(H,19,20). The van der Waals surface area contributed by atoms with E-state index < -0.39 is 30.6 Å². The van der Waals surface area contributed by atoms with Gasteiger partial charge in [0.25, 0.3) is 5.91 Å². The molecule has 0 aliphatic carbocycles. The number of carbonyl (C=O) groups is 2. The number of ether oxygens (including phenoxy) is 2. The Bertz CT molecular complexity index is 666. The molecule has 0 aromatic heterocycles. The lowest BCUT2D eigenvalue weighted by atomic mass is 10.0. The van der Waals surface area contributed by atoms with E-state index in [4.69, 9.17) is 14.6 Å². The Morgan fingerprint density at radius 2 is 2.14 bits per heavy atom. The van der Waals surface area contributed by atoms with Crippen LogP contribution in [0.2, 0.25) is 0 Å². The minimum absolute atomic E-state index is 0.127. The molecule has 0 spiro atoms. The van der Waals surface area contributed by atoms with E-state index in [1.165, 1.54) is 26.4 Å². The van der Waals surface area contributed by atoms with Crippen LogP contribution in [0.25, 0.3) is 0 Å². The molecule has 0 saturated heterocycles. The van der Waals surface area contributed by atoms with Crippen molar-refractivity contribution in [2.75, 3.05) is 20.8 Å². The summed E-state index contributed by atoms with van der Waals surface area (Å²) < 4.78 is 10.3. The normalized spacial score (nSPS) is 17.6. The minimum Gasteiger partial charge on any atom is -0.497 e. The molecule has 0 saturated carbocycles. The molecule has 1 aliphatic rings. The van der Waals surface area contributed by atoms with Gasteiger partial charge >= 0.3 is 5.97 Å². The lowest BCUT2D eigenvalue weighted by Gasteiger charge is -2.25. The van der Waals surface area contributed by atoms with Crippen LogP contribution in [0.3, 0.4) is 0 Å². The molecule has 0 fully saturated rings. The number of carboxylic acid groups (broad SMARTS) is 1. The third kappa shape index (κ3) is 2.21. The van der Waals surface area contributed by atoms with Gasteiger partial charge in [-0.25, -0.2) is 4.79 Å². The maximum Gasteiger partial charge on any atom is 0.328 e. The molecule has 2 rings (SSSR count). The van der Waals surface area contributed by atoms with E-state index in [0.717, 1.165) is 4.90 Å². The van der Waals surface area contributed by atoms with E-state index in [1.54, 1.807) is 0 Å². The van der Waals surface area contributed by atoms with E-state index in [1.807, 2.05) is 6.07 Å². The zero-order valence-electron chi connectivity index (χ0n) is 11.9. The van der Waals surface area contributed by atoms with Crippen molar-refractivity contribution in [3.8, 4) is 17.6 Å². The molecule has 2 unspecified atom stereocenters. The van der Waals surface area contributed by atoms with Crippen LogP contribution in [0.1, 0.15) is 22.0 Å². The number of benzene rings is 1. The number of fused-ring (bicyclic) bond motifs is 1. The van der Waals surface area contributed by atoms with Crippen LogP contribution in [0.4, 0.5) is 0 Å². The molecule has 2 atom stereocenters. The second-order valence-electron chi connectivity index (χ2n) is 4.57. The van der Waals surface area contributed by atoms with Gasteiger partial charge in [-0.3, -0.25) is 4.79 Å². The summed E-state index contributed by atoms with van der Waals surface area (Å²) in [6, 6.07) is 2.15. The van der Waals surface area contributed by atoms with Gasteiger partial charge in [-0.2, -0.15) is 5.26 Å². The van der Waals surface area contributed by atoms with Crippen LogP contribution >= 0.6 is 0 Å². The van der Waals surface area contributed by atoms with Crippen LogP contribution < -0.4 is 9.47 Å². The van der Waals surface area contributed by atoms with Crippen molar-refractivity contribution in [2.45, 2.75) is 12.1 Å². The molecule has 1 aliphatic heterocycles. The van der Waals surface area contributed by atoms with Gasteiger partial charge in [-0.05, 0) is 6.07 Å². The first kappa shape index (κ1) is 15.6. The fourth-order valence-electron chi connectivity index (χ4n) is 2.48. The summed E-state index contributed by atoms with van der Waals surface area (Å²) in [6.07, 6.45) is 0. The monoisotopic (exact) mass is 306 g/mol. The van der Waals surface area contributed by atoms with Gasteiger partial charge in [-0.1, -0.05) is 0 Å². The molecule has 1 heterocycles. The van der Waals surface area contributed by atoms with E-state index >= 15 is 0 Å². The van der Waals surface area contributed by atoms with Crippen molar-refractivity contribution >= 4 is 11.9 Å². The zero-order chi connectivity index (χ0) is 16.4. The van der Waals surface area contributed by atoms with E-state index in [0.29, 0.717) is 5.75 Å². The lowest BCUT2D eigenvalue weighted by Crippen LogP contribution is -2.45. The number of nitrogens with zero attached hydrogens (tertiary/aromatic N) is 2. The van der Waals surface area contributed by atoms with Crippen molar-refractivity contribution in [3.63, 3.8) is 0 Å². The molecular weight excluding hydrogens is 292 g/mol. The number of carboxylic acids is 1. The van der Waals surface area contributed by atoms with Crippen LogP contribution in [0.5, 0.6) is 11.5 Å². The van der Waals surface area contributed by atoms with Crippen molar-refractivity contribution in [1.29, 1.82) is 5.26 Å². The third-order valence-electron chi connectivity index (χ3n) is 3.50. The Morgan fingerprint density at radius 3 is 2.59 bits per heavy atom. The number of aliphatic hydroxyl groups is 1.